The van der Waals surface area contributed by atoms with Gasteiger partial charge in [0.1, 0.15) is 4.21 Å². The number of benzene rings is 2. The van der Waals surface area contributed by atoms with E-state index in [0.29, 0.717) is 30.3 Å². The molecule has 0 atom stereocenters. The monoisotopic (exact) mass is 465 g/mol. The number of hydrogen-bond acceptors (Lipinski definition) is 4. The number of amides is 1. The number of sulfonamides is 1. The number of para-hydroxylation sites is 1. The lowest BCUT2D eigenvalue weighted by atomic mass is 9.89. The van der Waals surface area contributed by atoms with Crippen LogP contribution in [0.25, 0.3) is 10.9 Å². The van der Waals surface area contributed by atoms with Gasteiger partial charge in [0.05, 0.1) is 0 Å². The summed E-state index contributed by atoms with van der Waals surface area (Å²) in [5.41, 5.74) is 3.48. The molecule has 0 aliphatic carbocycles. The first-order chi connectivity index (χ1) is 15.5. The summed E-state index contributed by atoms with van der Waals surface area (Å²) in [4.78, 5) is 18.2. The van der Waals surface area contributed by atoms with Gasteiger partial charge in [-0.2, -0.15) is 0 Å². The SMILES string of the molecule is O=C(c1ccc(NS(=O)(=O)c2cccs2)cc1)N1CCC(c2c[nH]c3ccccc23)CC1. The number of carbonyl (C=O) groups is 1. The number of fused-ring (bicyclic) bond motifs is 1. The van der Waals surface area contributed by atoms with Crippen LogP contribution in [0.15, 0.2) is 76.4 Å². The van der Waals surface area contributed by atoms with Crippen molar-refractivity contribution in [3.05, 3.63) is 83.4 Å². The Morgan fingerprint density at radius 1 is 1.00 bits per heavy atom. The number of anilines is 1. The van der Waals surface area contributed by atoms with Crippen molar-refractivity contribution in [2.24, 2.45) is 0 Å². The molecule has 0 unspecified atom stereocenters. The maximum Gasteiger partial charge on any atom is 0.271 e. The van der Waals surface area contributed by atoms with Crippen LogP contribution in [0.4, 0.5) is 5.69 Å². The molecule has 6 nitrogen and oxygen atoms in total. The lowest BCUT2D eigenvalue weighted by Crippen LogP contribution is -2.37. The molecule has 164 valence electrons. The van der Waals surface area contributed by atoms with Crippen molar-refractivity contribution in [1.82, 2.24) is 9.88 Å². The zero-order chi connectivity index (χ0) is 22.1. The topological polar surface area (TPSA) is 82.3 Å². The van der Waals surface area contributed by atoms with Crippen molar-refractivity contribution in [1.29, 1.82) is 0 Å². The van der Waals surface area contributed by atoms with Crippen molar-refractivity contribution < 1.29 is 13.2 Å². The lowest BCUT2D eigenvalue weighted by molar-refractivity contribution is 0.0713. The van der Waals surface area contributed by atoms with Gasteiger partial charge < -0.3 is 9.88 Å². The number of hydrogen-bond donors (Lipinski definition) is 2. The van der Waals surface area contributed by atoms with E-state index < -0.39 is 10.0 Å². The van der Waals surface area contributed by atoms with Crippen LogP contribution < -0.4 is 4.72 Å². The van der Waals surface area contributed by atoms with Crippen LogP contribution in [0.1, 0.15) is 34.7 Å². The maximum absolute atomic E-state index is 13.0. The predicted molar refractivity (Wildman–Crippen MR) is 128 cm³/mol. The molecule has 1 aliphatic rings. The number of likely N-dealkylation sites (tertiary alicyclic amines) is 1. The van der Waals surface area contributed by atoms with E-state index in [2.05, 4.69) is 34.1 Å². The molecule has 2 N–H and O–H groups in total. The summed E-state index contributed by atoms with van der Waals surface area (Å²) in [6.45, 7) is 1.41. The summed E-state index contributed by atoms with van der Waals surface area (Å²) in [6.07, 6.45) is 3.95. The van der Waals surface area contributed by atoms with Gasteiger partial charge in [-0.15, -0.1) is 11.3 Å². The molecule has 1 aliphatic heterocycles. The third-order valence-electron chi connectivity index (χ3n) is 5.99. The van der Waals surface area contributed by atoms with E-state index in [0.717, 1.165) is 29.7 Å². The van der Waals surface area contributed by atoms with Crippen LogP contribution in [0.3, 0.4) is 0 Å². The van der Waals surface area contributed by atoms with Crippen LogP contribution in [-0.4, -0.2) is 37.3 Å². The van der Waals surface area contributed by atoms with Crippen molar-refractivity contribution in [3.63, 3.8) is 0 Å². The predicted octanol–water partition coefficient (Wildman–Crippen LogP) is 5.05. The summed E-state index contributed by atoms with van der Waals surface area (Å²) in [6, 6.07) is 18.2. The van der Waals surface area contributed by atoms with Crippen LogP contribution >= 0.6 is 11.3 Å². The first-order valence-corrected chi connectivity index (χ1v) is 12.9. The van der Waals surface area contributed by atoms with Crippen molar-refractivity contribution in [2.45, 2.75) is 23.0 Å². The average Bonchev–Trinajstić information content (AvgIpc) is 3.50. The largest absolute Gasteiger partial charge is 0.361 e. The van der Waals surface area contributed by atoms with Crippen molar-refractivity contribution >= 4 is 43.9 Å². The summed E-state index contributed by atoms with van der Waals surface area (Å²) in [7, 11) is -3.60. The fraction of sp³-hybridized carbons (Fsp3) is 0.208. The molecule has 1 saturated heterocycles. The molecule has 3 heterocycles. The minimum absolute atomic E-state index is 0.0185. The zero-order valence-electron chi connectivity index (χ0n) is 17.3. The highest BCUT2D eigenvalue weighted by Gasteiger charge is 2.26. The number of aromatic amines is 1. The summed E-state index contributed by atoms with van der Waals surface area (Å²) < 4.78 is 27.5. The standard InChI is InChI=1S/C24H23N3O3S2/c28-24(18-7-9-19(10-8-18)26-32(29,30)23-6-3-15-31-23)27-13-11-17(12-14-27)21-16-25-22-5-2-1-4-20(21)22/h1-10,15-17,25-26H,11-14H2. The Labute approximate surface area is 190 Å². The van der Waals surface area contributed by atoms with Gasteiger partial charge in [-0.3, -0.25) is 9.52 Å². The number of aromatic nitrogens is 1. The molecule has 2 aromatic carbocycles. The fourth-order valence-electron chi connectivity index (χ4n) is 4.31. The van der Waals surface area contributed by atoms with Gasteiger partial charge >= 0.3 is 0 Å². The van der Waals surface area contributed by atoms with E-state index >= 15 is 0 Å². The number of nitrogens with one attached hydrogen (secondary N) is 2. The summed E-state index contributed by atoms with van der Waals surface area (Å²) >= 11 is 1.16. The molecule has 1 amide bonds. The van der Waals surface area contributed by atoms with Gasteiger partial charge in [0.15, 0.2) is 0 Å². The molecular weight excluding hydrogens is 442 g/mol. The Kier molecular flexibility index (Phi) is 5.48. The van der Waals surface area contributed by atoms with Crippen LogP contribution in [0, 0.1) is 0 Å². The Morgan fingerprint density at radius 3 is 2.47 bits per heavy atom. The minimum atomic E-state index is -3.60. The molecule has 0 spiro atoms. The molecule has 0 bridgehead atoms. The maximum atomic E-state index is 13.0. The number of H-pyrrole nitrogens is 1. The third kappa shape index (κ3) is 4.03. The van der Waals surface area contributed by atoms with Crippen molar-refractivity contribution in [3.8, 4) is 0 Å². The smallest absolute Gasteiger partial charge is 0.271 e. The van der Waals surface area contributed by atoms with Crippen LogP contribution in [-0.2, 0) is 10.0 Å². The highest BCUT2D eigenvalue weighted by molar-refractivity contribution is 7.94. The average molecular weight is 466 g/mol. The first-order valence-electron chi connectivity index (χ1n) is 10.5. The molecule has 1 fully saturated rings. The number of piperidine rings is 1. The Balaban J connectivity index is 1.23. The van der Waals surface area contributed by atoms with Gasteiger partial charge in [0, 0.05) is 41.4 Å². The van der Waals surface area contributed by atoms with Gasteiger partial charge in [-0.25, -0.2) is 8.42 Å². The van der Waals surface area contributed by atoms with E-state index in [1.54, 1.807) is 41.8 Å². The summed E-state index contributed by atoms with van der Waals surface area (Å²) in [5, 5.41) is 2.98. The number of thiophene rings is 1. The van der Waals surface area contributed by atoms with E-state index in [1.807, 2.05) is 11.0 Å². The molecule has 5 rings (SSSR count). The highest BCUT2D eigenvalue weighted by Crippen LogP contribution is 2.33. The molecule has 8 heteroatoms. The quantitative estimate of drug-likeness (QED) is 0.433. The summed E-state index contributed by atoms with van der Waals surface area (Å²) in [5.74, 6) is 0.416. The molecule has 0 saturated carbocycles. The second-order valence-corrected chi connectivity index (χ2v) is 10.8. The van der Waals surface area contributed by atoms with Crippen molar-refractivity contribution in [2.75, 3.05) is 17.8 Å². The van der Waals surface area contributed by atoms with Crippen LogP contribution in [0.5, 0.6) is 0 Å². The first kappa shape index (κ1) is 20.8. The number of rotatable bonds is 5. The second kappa shape index (κ2) is 8.44. The van der Waals surface area contributed by atoms with E-state index in [-0.39, 0.29) is 10.1 Å². The number of carbonyl (C=O) groups excluding carboxylic acids is 1. The molecule has 2 aromatic heterocycles. The Hall–Kier alpha value is -3.10. The molecular formula is C24H23N3O3S2. The molecule has 4 aromatic rings. The van der Waals surface area contributed by atoms with Gasteiger partial charge in [-0.1, -0.05) is 24.3 Å². The Morgan fingerprint density at radius 2 is 1.75 bits per heavy atom. The minimum Gasteiger partial charge on any atom is -0.361 e. The second-order valence-electron chi connectivity index (χ2n) is 7.97. The lowest BCUT2D eigenvalue weighted by Gasteiger charge is -2.32. The normalized spacial score (nSPS) is 15.2. The highest BCUT2D eigenvalue weighted by atomic mass is 32.2. The fourth-order valence-corrected chi connectivity index (χ4v) is 6.36. The Bertz CT molecular complexity index is 1330. The third-order valence-corrected chi connectivity index (χ3v) is 8.77. The van der Waals surface area contributed by atoms with Gasteiger partial charge in [0.2, 0.25) is 0 Å². The van der Waals surface area contributed by atoms with Gasteiger partial charge in [-0.05, 0) is 66.1 Å². The van der Waals surface area contributed by atoms with E-state index in [1.165, 1.54) is 10.9 Å². The zero-order valence-corrected chi connectivity index (χ0v) is 19.0. The van der Waals surface area contributed by atoms with E-state index in [4.69, 9.17) is 0 Å². The van der Waals surface area contributed by atoms with Gasteiger partial charge in [0.25, 0.3) is 15.9 Å². The molecule has 0 radical (unpaired) electrons. The van der Waals surface area contributed by atoms with Crippen LogP contribution in [0.2, 0.25) is 0 Å². The molecule has 32 heavy (non-hydrogen) atoms. The number of nitrogens with zero attached hydrogens (tertiary/aromatic N) is 1. The van der Waals surface area contributed by atoms with E-state index in [9.17, 15) is 13.2 Å².